The van der Waals surface area contributed by atoms with Gasteiger partial charge in [0.15, 0.2) is 11.6 Å². The number of aromatic nitrogens is 6. The maximum Gasteiger partial charge on any atom is 0.407 e. The van der Waals surface area contributed by atoms with Gasteiger partial charge in [-0.15, -0.1) is 0 Å². The van der Waals surface area contributed by atoms with Crippen LogP contribution in [0.1, 0.15) is 68.6 Å². The molecule has 4 heterocycles. The summed E-state index contributed by atoms with van der Waals surface area (Å²) in [6, 6.07) is 34.7. The highest BCUT2D eigenvalue weighted by Gasteiger charge is 2.32. The molecule has 0 bridgehead atoms. The number of benzene rings is 4. The SMILES string of the molecule is CC.COC(=O)NC(C(=O)N1CCCC1)c1ccccc1.O=C(Cc1ccccc1)N1CCCC1c1nc(-c2ccc(-c3ccc(-c4ncn[nH]4)cc3)cc2)n[nH]1. The third-order valence-electron chi connectivity index (χ3n) is 9.88. The average molecular weight is 768 g/mol. The zero-order valence-corrected chi connectivity index (χ0v) is 32.6. The Balaban J connectivity index is 0.000000221. The van der Waals surface area contributed by atoms with Gasteiger partial charge in [0.2, 0.25) is 11.8 Å². The summed E-state index contributed by atoms with van der Waals surface area (Å²) in [6.07, 6.45) is 5.20. The number of rotatable bonds is 9. The molecule has 2 atom stereocenters. The lowest BCUT2D eigenvalue weighted by Gasteiger charge is -2.23. The van der Waals surface area contributed by atoms with Crippen molar-refractivity contribution in [3.8, 4) is 33.9 Å². The van der Waals surface area contributed by atoms with Gasteiger partial charge < -0.3 is 19.9 Å². The van der Waals surface area contributed by atoms with Gasteiger partial charge in [0.05, 0.1) is 19.6 Å². The molecule has 2 fully saturated rings. The summed E-state index contributed by atoms with van der Waals surface area (Å²) >= 11 is 0. The molecule has 2 aliphatic heterocycles. The van der Waals surface area contributed by atoms with Gasteiger partial charge in [0.1, 0.15) is 18.2 Å². The predicted octanol–water partition coefficient (Wildman–Crippen LogP) is 7.56. The van der Waals surface area contributed by atoms with Crippen LogP contribution in [0.3, 0.4) is 0 Å². The number of alkyl carbamates (subject to hydrolysis) is 1. The van der Waals surface area contributed by atoms with Crippen molar-refractivity contribution in [2.24, 2.45) is 0 Å². The number of ether oxygens (including phenoxy) is 1. The zero-order chi connectivity index (χ0) is 40.0. The summed E-state index contributed by atoms with van der Waals surface area (Å²) in [5, 5.41) is 16.9. The fourth-order valence-corrected chi connectivity index (χ4v) is 6.98. The molecule has 0 saturated carbocycles. The minimum Gasteiger partial charge on any atom is -0.453 e. The van der Waals surface area contributed by atoms with Crippen LogP contribution in [0.5, 0.6) is 0 Å². The second-order valence-electron chi connectivity index (χ2n) is 13.5. The highest BCUT2D eigenvalue weighted by Crippen LogP contribution is 2.32. The number of carbonyl (C=O) groups excluding carboxylic acids is 3. The summed E-state index contributed by atoms with van der Waals surface area (Å²) < 4.78 is 4.59. The van der Waals surface area contributed by atoms with Crippen molar-refractivity contribution in [2.75, 3.05) is 26.7 Å². The molecule has 57 heavy (non-hydrogen) atoms. The largest absolute Gasteiger partial charge is 0.453 e. The number of carbonyl (C=O) groups is 3. The van der Waals surface area contributed by atoms with E-state index in [0.29, 0.717) is 12.2 Å². The average Bonchev–Trinajstić information content (AvgIpc) is 4.13. The minimum absolute atomic E-state index is 0.0652. The van der Waals surface area contributed by atoms with E-state index in [-0.39, 0.29) is 17.9 Å². The third kappa shape index (κ3) is 10.2. The fraction of sp³-hybridized carbons (Fsp3) is 0.295. The van der Waals surface area contributed by atoms with E-state index >= 15 is 0 Å². The maximum absolute atomic E-state index is 13.0. The van der Waals surface area contributed by atoms with Crippen molar-refractivity contribution in [1.29, 1.82) is 0 Å². The van der Waals surface area contributed by atoms with E-state index in [1.807, 2.05) is 104 Å². The molecular formula is C44H49N9O4. The van der Waals surface area contributed by atoms with Crippen LogP contribution in [0, 0.1) is 0 Å². The molecule has 2 aliphatic rings. The number of hydrogen-bond acceptors (Lipinski definition) is 8. The first-order chi connectivity index (χ1) is 28.0. The summed E-state index contributed by atoms with van der Waals surface area (Å²) in [6.45, 7) is 6.26. The van der Waals surface area contributed by atoms with Crippen molar-refractivity contribution in [3.05, 3.63) is 132 Å². The van der Waals surface area contributed by atoms with Crippen LogP contribution in [0.25, 0.3) is 33.9 Å². The Morgan fingerprint density at radius 1 is 0.772 bits per heavy atom. The monoisotopic (exact) mass is 767 g/mol. The van der Waals surface area contributed by atoms with E-state index in [1.165, 1.54) is 13.4 Å². The van der Waals surface area contributed by atoms with Crippen molar-refractivity contribution in [3.63, 3.8) is 0 Å². The molecule has 0 spiro atoms. The van der Waals surface area contributed by atoms with Gasteiger partial charge in [-0.25, -0.2) is 14.8 Å². The van der Waals surface area contributed by atoms with Crippen molar-refractivity contribution < 1.29 is 19.1 Å². The lowest BCUT2D eigenvalue weighted by molar-refractivity contribution is -0.132. The fourth-order valence-electron chi connectivity index (χ4n) is 6.98. The first-order valence-corrected chi connectivity index (χ1v) is 19.5. The smallest absolute Gasteiger partial charge is 0.407 e. The van der Waals surface area contributed by atoms with Crippen molar-refractivity contribution >= 4 is 17.9 Å². The quantitative estimate of drug-likeness (QED) is 0.136. The van der Waals surface area contributed by atoms with Crippen LogP contribution in [-0.4, -0.2) is 84.8 Å². The number of nitrogens with one attached hydrogen (secondary N) is 3. The van der Waals surface area contributed by atoms with Gasteiger partial charge >= 0.3 is 6.09 Å². The normalized spacial score (nSPS) is 15.1. The molecule has 0 aliphatic carbocycles. The lowest BCUT2D eigenvalue weighted by Crippen LogP contribution is -2.41. The Hall–Kier alpha value is -6.63. The molecule has 8 rings (SSSR count). The first-order valence-electron chi connectivity index (χ1n) is 19.5. The molecule has 2 unspecified atom stereocenters. The topological polar surface area (TPSA) is 162 Å². The molecule has 3 N–H and O–H groups in total. The summed E-state index contributed by atoms with van der Waals surface area (Å²) in [5.41, 5.74) is 5.93. The molecular weight excluding hydrogens is 719 g/mol. The molecule has 13 heteroatoms. The van der Waals surface area contributed by atoms with E-state index in [9.17, 15) is 14.4 Å². The van der Waals surface area contributed by atoms with Crippen LogP contribution in [-0.2, 0) is 20.7 Å². The zero-order valence-electron chi connectivity index (χ0n) is 32.6. The number of H-pyrrole nitrogens is 2. The second kappa shape index (κ2) is 19.8. The Morgan fingerprint density at radius 3 is 2.00 bits per heavy atom. The summed E-state index contributed by atoms with van der Waals surface area (Å²) in [5.74, 6) is 2.19. The van der Waals surface area contributed by atoms with Crippen molar-refractivity contribution in [2.45, 2.75) is 58.0 Å². The summed E-state index contributed by atoms with van der Waals surface area (Å²) in [4.78, 5) is 49.5. The first kappa shape index (κ1) is 40.0. The number of aromatic amines is 2. The van der Waals surface area contributed by atoms with E-state index in [2.05, 4.69) is 59.7 Å². The van der Waals surface area contributed by atoms with Crippen LogP contribution >= 0.6 is 0 Å². The van der Waals surface area contributed by atoms with E-state index in [0.717, 1.165) is 90.3 Å². The maximum atomic E-state index is 13.0. The third-order valence-corrected chi connectivity index (χ3v) is 9.88. The second-order valence-corrected chi connectivity index (χ2v) is 13.5. The van der Waals surface area contributed by atoms with E-state index in [1.54, 1.807) is 4.90 Å². The van der Waals surface area contributed by atoms with E-state index < -0.39 is 12.1 Å². The van der Waals surface area contributed by atoms with Gasteiger partial charge in [-0.2, -0.15) is 10.2 Å². The van der Waals surface area contributed by atoms with E-state index in [4.69, 9.17) is 4.98 Å². The van der Waals surface area contributed by atoms with Crippen LogP contribution in [0.4, 0.5) is 4.79 Å². The number of methoxy groups -OCH3 is 1. The standard InChI is InChI=1S/C28H25N7O.C14H18N2O3.C2H6/c36-25(17-19-5-2-1-3-6-19)35-16-4-7-24(35)28-31-27(33-34-28)23-14-10-21(11-15-23)20-8-12-22(13-9-20)26-29-18-30-32-26;1-19-14(18)15-12(11-7-3-2-4-8-11)13(17)16-9-5-6-10-16;1-2/h1-3,5-6,8-15,18,24H,4,7,16-17H2,(H,29,30,32)(H,31,33,34);2-4,7-8,12H,5-6,9-10H2,1H3,(H,15,18);1-2H3. The minimum atomic E-state index is -0.674. The highest BCUT2D eigenvalue weighted by atomic mass is 16.5. The number of amides is 3. The molecule has 2 saturated heterocycles. The number of nitrogens with zero attached hydrogens (tertiary/aromatic N) is 6. The Labute approximate surface area is 332 Å². The Kier molecular flexibility index (Phi) is 13.9. The molecule has 4 aromatic carbocycles. The Morgan fingerprint density at radius 2 is 1.39 bits per heavy atom. The number of likely N-dealkylation sites (tertiary alicyclic amines) is 2. The van der Waals surface area contributed by atoms with Crippen LogP contribution in [0.15, 0.2) is 116 Å². The van der Waals surface area contributed by atoms with Crippen LogP contribution in [0.2, 0.25) is 0 Å². The molecule has 0 radical (unpaired) electrons. The summed E-state index contributed by atoms with van der Waals surface area (Å²) in [7, 11) is 1.29. The molecule has 13 nitrogen and oxygen atoms in total. The molecule has 294 valence electrons. The van der Waals surface area contributed by atoms with Gasteiger partial charge in [0, 0.05) is 30.8 Å². The van der Waals surface area contributed by atoms with Crippen LogP contribution < -0.4 is 5.32 Å². The highest BCUT2D eigenvalue weighted by molar-refractivity contribution is 5.87. The predicted molar refractivity (Wildman–Crippen MR) is 218 cm³/mol. The molecule has 6 aromatic rings. The van der Waals surface area contributed by atoms with Gasteiger partial charge in [-0.3, -0.25) is 19.8 Å². The van der Waals surface area contributed by atoms with Gasteiger partial charge in [0.25, 0.3) is 0 Å². The molecule has 2 aromatic heterocycles. The molecule has 3 amide bonds. The van der Waals surface area contributed by atoms with Gasteiger partial charge in [-0.1, -0.05) is 123 Å². The van der Waals surface area contributed by atoms with Gasteiger partial charge in [-0.05, 0) is 47.9 Å². The Bertz CT molecular complexity index is 2150. The van der Waals surface area contributed by atoms with Crippen molar-refractivity contribution in [1.82, 2.24) is 45.5 Å². The number of hydrogen-bond donors (Lipinski definition) is 3. The lowest BCUT2D eigenvalue weighted by atomic mass is 10.0.